The highest BCUT2D eigenvalue weighted by Gasteiger charge is 2.44. The van der Waals surface area contributed by atoms with Gasteiger partial charge in [0, 0.05) is 27.4 Å². The summed E-state index contributed by atoms with van der Waals surface area (Å²) in [5.74, 6) is 0.0394. The molecule has 0 spiro atoms. The lowest BCUT2D eigenvalue weighted by Crippen LogP contribution is -2.56. The smallest absolute Gasteiger partial charge is 0.163 e. The van der Waals surface area contributed by atoms with E-state index in [0.29, 0.717) is 22.8 Å². The Kier molecular flexibility index (Phi) is 6.75. The van der Waals surface area contributed by atoms with E-state index < -0.39 is 43.1 Å². The lowest BCUT2D eigenvalue weighted by atomic mass is 9.98. The molecule has 0 saturated carbocycles. The van der Waals surface area contributed by atoms with Crippen LogP contribution in [0.5, 0.6) is 5.75 Å². The van der Waals surface area contributed by atoms with Gasteiger partial charge in [-0.3, -0.25) is 0 Å². The van der Waals surface area contributed by atoms with E-state index in [1.165, 1.54) is 17.8 Å². The largest absolute Gasteiger partial charge is 0.494 e. The van der Waals surface area contributed by atoms with Gasteiger partial charge in [-0.25, -0.2) is 4.39 Å². The van der Waals surface area contributed by atoms with Gasteiger partial charge in [0.1, 0.15) is 36.0 Å². The first kappa shape index (κ1) is 23.0. The molecule has 4 rings (SSSR count). The van der Waals surface area contributed by atoms with Crippen molar-refractivity contribution < 1.29 is 34.3 Å². The van der Waals surface area contributed by atoms with Gasteiger partial charge >= 0.3 is 0 Å². The molecule has 0 radical (unpaired) electrons. The van der Waals surface area contributed by atoms with Gasteiger partial charge in [-0.15, -0.1) is 0 Å². The third kappa shape index (κ3) is 4.12. The monoisotopic (exact) mass is 463 g/mol. The lowest BCUT2D eigenvalue weighted by molar-refractivity contribution is -0.250. The van der Waals surface area contributed by atoms with Gasteiger partial charge in [0.15, 0.2) is 6.23 Å². The first-order valence-electron chi connectivity index (χ1n) is 10.4. The Labute approximate surface area is 189 Å². The molecule has 172 valence electrons. The van der Waals surface area contributed by atoms with E-state index in [1.807, 2.05) is 32.0 Å². The molecule has 0 bridgehead atoms. The topological polar surface area (TPSA) is 104 Å². The molecular weight excluding hydrogens is 437 g/mol. The highest BCUT2D eigenvalue weighted by molar-refractivity contribution is 7.99. The standard InChI is InChI=1S/C23H26FNO6S/c1-3-30-13-7-8-17(14(24)9-13)32-18-10-25(15-6-4-5-12(2)19(15)18)23-22(29)21(28)20(27)16(11-26)31-23/h4-10,16,20-23,26-29H,3,11H2,1-2H3/t16-,20-,21+,22-,23-/m1/s1. The normalized spacial score (nSPS) is 25.9. The van der Waals surface area contributed by atoms with Crippen LogP contribution in [-0.4, -0.2) is 62.6 Å². The van der Waals surface area contributed by atoms with Crippen molar-refractivity contribution in [2.75, 3.05) is 13.2 Å². The van der Waals surface area contributed by atoms with Crippen LogP contribution < -0.4 is 4.74 Å². The molecule has 1 saturated heterocycles. The average molecular weight is 464 g/mol. The van der Waals surface area contributed by atoms with Gasteiger partial charge in [-0.2, -0.15) is 0 Å². The zero-order chi connectivity index (χ0) is 23.0. The van der Waals surface area contributed by atoms with Crippen molar-refractivity contribution in [3.63, 3.8) is 0 Å². The van der Waals surface area contributed by atoms with Crippen molar-refractivity contribution in [2.45, 2.75) is 54.3 Å². The number of nitrogens with zero attached hydrogens (tertiary/aromatic N) is 1. The van der Waals surface area contributed by atoms with E-state index in [1.54, 1.807) is 22.9 Å². The van der Waals surface area contributed by atoms with E-state index in [0.717, 1.165) is 15.8 Å². The van der Waals surface area contributed by atoms with E-state index in [4.69, 9.17) is 9.47 Å². The van der Waals surface area contributed by atoms with Crippen molar-refractivity contribution in [2.24, 2.45) is 0 Å². The summed E-state index contributed by atoms with van der Waals surface area (Å²) in [6, 6.07) is 10.3. The number of aliphatic hydroxyl groups is 4. The zero-order valence-corrected chi connectivity index (χ0v) is 18.5. The predicted molar refractivity (Wildman–Crippen MR) is 117 cm³/mol. The van der Waals surface area contributed by atoms with Crippen LogP contribution in [0, 0.1) is 12.7 Å². The minimum Gasteiger partial charge on any atom is -0.494 e. The Morgan fingerprint density at radius 3 is 2.56 bits per heavy atom. The number of halogens is 1. The number of ether oxygens (including phenoxy) is 2. The molecule has 1 fully saturated rings. The SMILES string of the molecule is CCOc1ccc(Sc2cn([C@@H]3O[C@H](CO)[C@@H](O)[C@H](O)[C@H]3O)c3cccc(C)c23)c(F)c1. The fourth-order valence-electron chi connectivity index (χ4n) is 3.99. The molecule has 1 aliphatic rings. The summed E-state index contributed by atoms with van der Waals surface area (Å²) >= 11 is 1.23. The third-order valence-electron chi connectivity index (χ3n) is 5.61. The summed E-state index contributed by atoms with van der Waals surface area (Å²) in [4.78, 5) is 1.14. The van der Waals surface area contributed by atoms with Gasteiger partial charge in [0.2, 0.25) is 0 Å². The Hall–Kier alpha value is -2.14. The number of aryl methyl sites for hydroxylation is 1. The van der Waals surface area contributed by atoms with Crippen LogP contribution in [0.3, 0.4) is 0 Å². The maximum atomic E-state index is 14.7. The molecule has 4 N–H and O–H groups in total. The molecule has 0 unspecified atom stereocenters. The molecule has 2 aromatic carbocycles. The molecule has 32 heavy (non-hydrogen) atoms. The zero-order valence-electron chi connectivity index (χ0n) is 17.7. The number of hydrogen-bond acceptors (Lipinski definition) is 7. The van der Waals surface area contributed by atoms with Crippen LogP contribution in [0.4, 0.5) is 4.39 Å². The maximum absolute atomic E-state index is 14.7. The fourth-order valence-corrected chi connectivity index (χ4v) is 5.05. The number of hydrogen-bond donors (Lipinski definition) is 4. The average Bonchev–Trinajstić information content (AvgIpc) is 3.14. The lowest BCUT2D eigenvalue weighted by Gasteiger charge is -2.40. The molecule has 3 aromatic rings. The molecule has 0 amide bonds. The number of aliphatic hydroxyl groups excluding tert-OH is 4. The Morgan fingerprint density at radius 2 is 1.88 bits per heavy atom. The van der Waals surface area contributed by atoms with Crippen molar-refractivity contribution in [3.05, 3.63) is 54.0 Å². The second kappa shape index (κ2) is 9.38. The number of rotatable bonds is 6. The highest BCUT2D eigenvalue weighted by Crippen LogP contribution is 2.41. The summed E-state index contributed by atoms with van der Waals surface area (Å²) in [6.45, 7) is 3.69. The van der Waals surface area contributed by atoms with Crippen LogP contribution in [0.15, 0.2) is 52.4 Å². The molecule has 0 aliphatic carbocycles. The Balaban J connectivity index is 1.76. The second-order valence-electron chi connectivity index (χ2n) is 7.72. The van der Waals surface area contributed by atoms with Crippen molar-refractivity contribution >= 4 is 22.7 Å². The molecule has 1 aromatic heterocycles. The first-order valence-corrected chi connectivity index (χ1v) is 11.2. The van der Waals surface area contributed by atoms with Crippen molar-refractivity contribution in [1.29, 1.82) is 0 Å². The number of benzene rings is 2. The molecule has 2 heterocycles. The summed E-state index contributed by atoms with van der Waals surface area (Å²) in [5, 5.41) is 41.3. The van der Waals surface area contributed by atoms with E-state index in [9.17, 15) is 24.8 Å². The summed E-state index contributed by atoms with van der Waals surface area (Å²) in [6.07, 6.45) is -4.71. The minimum atomic E-state index is -1.49. The van der Waals surface area contributed by atoms with Gasteiger partial charge < -0.3 is 34.5 Å². The van der Waals surface area contributed by atoms with Crippen LogP contribution >= 0.6 is 11.8 Å². The molecule has 1 aliphatic heterocycles. The molecular formula is C23H26FNO6S. The molecule has 9 heteroatoms. The highest BCUT2D eigenvalue weighted by atomic mass is 32.2. The van der Waals surface area contributed by atoms with Gasteiger partial charge in [-0.1, -0.05) is 23.9 Å². The summed E-state index contributed by atoms with van der Waals surface area (Å²) in [5.41, 5.74) is 1.66. The van der Waals surface area contributed by atoms with Gasteiger partial charge in [0.05, 0.1) is 18.7 Å². The first-order chi connectivity index (χ1) is 15.3. The van der Waals surface area contributed by atoms with E-state index in [2.05, 4.69) is 0 Å². The van der Waals surface area contributed by atoms with Gasteiger partial charge in [-0.05, 0) is 37.6 Å². The summed E-state index contributed by atoms with van der Waals surface area (Å²) < 4.78 is 27.5. The number of aromatic nitrogens is 1. The second-order valence-corrected chi connectivity index (χ2v) is 8.80. The van der Waals surface area contributed by atoms with Crippen molar-refractivity contribution in [1.82, 2.24) is 4.57 Å². The third-order valence-corrected chi connectivity index (χ3v) is 6.69. The predicted octanol–water partition coefficient (Wildman–Crippen LogP) is 2.61. The van der Waals surface area contributed by atoms with Crippen LogP contribution in [-0.2, 0) is 4.74 Å². The van der Waals surface area contributed by atoms with Crippen LogP contribution in [0.25, 0.3) is 10.9 Å². The molecule has 5 atom stereocenters. The van der Waals surface area contributed by atoms with E-state index in [-0.39, 0.29) is 0 Å². The maximum Gasteiger partial charge on any atom is 0.163 e. The van der Waals surface area contributed by atoms with Crippen LogP contribution in [0.1, 0.15) is 18.7 Å². The van der Waals surface area contributed by atoms with Gasteiger partial charge in [0.25, 0.3) is 0 Å². The Morgan fingerprint density at radius 1 is 1.09 bits per heavy atom. The number of fused-ring (bicyclic) bond motifs is 1. The summed E-state index contributed by atoms with van der Waals surface area (Å²) in [7, 11) is 0. The van der Waals surface area contributed by atoms with Crippen molar-refractivity contribution in [3.8, 4) is 5.75 Å². The van der Waals surface area contributed by atoms with E-state index >= 15 is 0 Å². The fraction of sp³-hybridized carbons (Fsp3) is 0.391. The Bertz CT molecular complexity index is 1100. The molecule has 7 nitrogen and oxygen atoms in total. The minimum absolute atomic E-state index is 0.407. The quantitative estimate of drug-likeness (QED) is 0.446. The van der Waals surface area contributed by atoms with Crippen LogP contribution in [0.2, 0.25) is 0 Å².